The predicted octanol–water partition coefficient (Wildman–Crippen LogP) is 2.81. The number of hydrogen-bond donors (Lipinski definition) is 2. The number of benzene rings is 1. The maximum atomic E-state index is 12.7. The Kier molecular flexibility index (Phi) is 5.22. The predicted molar refractivity (Wildman–Crippen MR) is 98.3 cm³/mol. The molecule has 2 fully saturated rings. The summed E-state index contributed by atoms with van der Waals surface area (Å²) in [5, 5.41) is 3.54. The number of amides is 4. The third kappa shape index (κ3) is 3.56. The molecule has 1 aliphatic heterocycles. The Morgan fingerprint density at radius 2 is 2.00 bits per heavy atom. The first-order valence-corrected chi connectivity index (χ1v) is 9.52. The topological polar surface area (TPSA) is 87.7 Å². The zero-order chi connectivity index (χ0) is 18.9. The minimum Gasteiger partial charge on any atom is -0.480 e. The number of nitrogens with one attached hydrogen (secondary N) is 2. The highest BCUT2D eigenvalue weighted by molar-refractivity contribution is 9.10. The number of urea groups is 1. The fraction of sp³-hybridized carbons (Fsp3) is 0.500. The Balaban J connectivity index is 1.65. The largest absolute Gasteiger partial charge is 0.480 e. The second kappa shape index (κ2) is 7.26. The number of rotatable bonds is 4. The zero-order valence-corrected chi connectivity index (χ0v) is 16.4. The summed E-state index contributed by atoms with van der Waals surface area (Å²) in [6.45, 7) is 3.51. The van der Waals surface area contributed by atoms with Crippen molar-refractivity contribution < 1.29 is 19.1 Å². The summed E-state index contributed by atoms with van der Waals surface area (Å²) >= 11 is 3.39. The number of ether oxygens (including phenoxy) is 1. The molecule has 26 heavy (non-hydrogen) atoms. The SMILES string of the molecule is Cc1ccc(OC(C)C(=O)NN2C(=O)NC3(CCCCC3)C2=O)c(Br)c1. The molecule has 1 aromatic rings. The van der Waals surface area contributed by atoms with Crippen LogP contribution in [0.5, 0.6) is 5.75 Å². The highest BCUT2D eigenvalue weighted by atomic mass is 79.9. The molecule has 0 radical (unpaired) electrons. The summed E-state index contributed by atoms with van der Waals surface area (Å²) in [6, 6.07) is 4.92. The number of carbonyl (C=O) groups is 3. The summed E-state index contributed by atoms with van der Waals surface area (Å²) in [4.78, 5) is 37.3. The molecule has 1 spiro atoms. The summed E-state index contributed by atoms with van der Waals surface area (Å²) in [5.41, 5.74) is 2.58. The van der Waals surface area contributed by atoms with Crippen LogP contribution in [0.3, 0.4) is 0 Å². The van der Waals surface area contributed by atoms with Gasteiger partial charge < -0.3 is 10.1 Å². The van der Waals surface area contributed by atoms with Crippen LogP contribution in [0.25, 0.3) is 0 Å². The van der Waals surface area contributed by atoms with Gasteiger partial charge >= 0.3 is 6.03 Å². The van der Waals surface area contributed by atoms with Gasteiger partial charge in [0.2, 0.25) is 0 Å². The molecule has 1 aliphatic carbocycles. The molecule has 2 aliphatic rings. The fourth-order valence-electron chi connectivity index (χ4n) is 3.36. The second-order valence-corrected chi connectivity index (χ2v) is 7.74. The van der Waals surface area contributed by atoms with Gasteiger partial charge in [-0.3, -0.25) is 15.0 Å². The molecule has 1 atom stereocenters. The quantitative estimate of drug-likeness (QED) is 0.728. The van der Waals surface area contributed by atoms with Crippen molar-refractivity contribution in [1.82, 2.24) is 15.8 Å². The van der Waals surface area contributed by atoms with Crippen molar-refractivity contribution in [3.63, 3.8) is 0 Å². The van der Waals surface area contributed by atoms with Crippen molar-refractivity contribution >= 4 is 33.8 Å². The van der Waals surface area contributed by atoms with Crippen molar-refractivity contribution in [2.75, 3.05) is 0 Å². The second-order valence-electron chi connectivity index (χ2n) is 6.88. The van der Waals surface area contributed by atoms with Gasteiger partial charge in [0, 0.05) is 0 Å². The van der Waals surface area contributed by atoms with Crippen molar-refractivity contribution in [1.29, 1.82) is 0 Å². The van der Waals surface area contributed by atoms with Gasteiger partial charge in [0.05, 0.1) is 4.47 Å². The van der Waals surface area contributed by atoms with Crippen LogP contribution < -0.4 is 15.5 Å². The van der Waals surface area contributed by atoms with E-state index in [1.165, 1.54) is 0 Å². The summed E-state index contributed by atoms with van der Waals surface area (Å²) < 4.78 is 6.38. The fourth-order valence-corrected chi connectivity index (χ4v) is 3.95. The first-order valence-electron chi connectivity index (χ1n) is 8.72. The van der Waals surface area contributed by atoms with Gasteiger partial charge in [0.1, 0.15) is 11.3 Å². The van der Waals surface area contributed by atoms with Crippen molar-refractivity contribution in [2.24, 2.45) is 0 Å². The van der Waals surface area contributed by atoms with Crippen LogP contribution in [0.15, 0.2) is 22.7 Å². The molecule has 0 aromatic heterocycles. The van der Waals surface area contributed by atoms with Gasteiger partial charge in [-0.1, -0.05) is 25.3 Å². The Labute approximate surface area is 160 Å². The van der Waals surface area contributed by atoms with Gasteiger partial charge in [0.15, 0.2) is 6.10 Å². The third-order valence-corrected chi connectivity index (χ3v) is 5.47. The van der Waals surface area contributed by atoms with E-state index >= 15 is 0 Å². The number of nitrogens with zero attached hydrogens (tertiary/aromatic N) is 1. The zero-order valence-electron chi connectivity index (χ0n) is 14.8. The van der Waals surface area contributed by atoms with E-state index in [0.717, 1.165) is 34.3 Å². The van der Waals surface area contributed by atoms with Crippen LogP contribution in [0.1, 0.15) is 44.6 Å². The Morgan fingerprint density at radius 3 is 2.65 bits per heavy atom. The lowest BCUT2D eigenvalue weighted by molar-refractivity contribution is -0.142. The third-order valence-electron chi connectivity index (χ3n) is 4.85. The highest BCUT2D eigenvalue weighted by Crippen LogP contribution is 2.33. The number of carbonyl (C=O) groups excluding carboxylic acids is 3. The van der Waals surface area contributed by atoms with Gasteiger partial charge in [-0.05, 0) is 60.3 Å². The van der Waals surface area contributed by atoms with Crippen molar-refractivity contribution in [3.05, 3.63) is 28.2 Å². The minimum absolute atomic E-state index is 0.390. The summed E-state index contributed by atoms with van der Waals surface area (Å²) in [7, 11) is 0. The Bertz CT molecular complexity index is 746. The van der Waals surface area contributed by atoms with Crippen LogP contribution in [-0.4, -0.2) is 34.5 Å². The van der Waals surface area contributed by atoms with Gasteiger partial charge in [-0.25, -0.2) is 4.79 Å². The minimum atomic E-state index is -0.877. The van der Waals surface area contributed by atoms with Crippen LogP contribution in [0, 0.1) is 6.92 Å². The molecule has 140 valence electrons. The Hall–Kier alpha value is -2.09. The lowest BCUT2D eigenvalue weighted by Crippen LogP contribution is -2.53. The molecule has 4 amide bonds. The molecule has 1 aromatic carbocycles. The van der Waals surface area contributed by atoms with Gasteiger partial charge in [-0.15, -0.1) is 0 Å². The van der Waals surface area contributed by atoms with E-state index < -0.39 is 23.6 Å². The number of halogens is 1. The highest BCUT2D eigenvalue weighted by Gasteiger charge is 2.52. The van der Waals surface area contributed by atoms with E-state index in [1.54, 1.807) is 13.0 Å². The first kappa shape index (κ1) is 18.7. The Morgan fingerprint density at radius 1 is 1.31 bits per heavy atom. The molecule has 8 heteroatoms. The molecular weight excluding hydrogens is 402 g/mol. The molecule has 2 N–H and O–H groups in total. The summed E-state index contributed by atoms with van der Waals surface area (Å²) in [6.07, 6.45) is 3.15. The molecule has 1 saturated carbocycles. The number of hydrazine groups is 1. The number of aryl methyl sites for hydroxylation is 1. The van der Waals surface area contributed by atoms with E-state index in [1.807, 2.05) is 19.1 Å². The normalized spacial score (nSPS) is 20.0. The van der Waals surface area contributed by atoms with Gasteiger partial charge in [-0.2, -0.15) is 5.01 Å². The van der Waals surface area contributed by atoms with Crippen molar-refractivity contribution in [3.8, 4) is 5.75 Å². The van der Waals surface area contributed by atoms with E-state index in [4.69, 9.17) is 4.74 Å². The monoisotopic (exact) mass is 423 g/mol. The number of imide groups is 1. The van der Waals surface area contributed by atoms with Gasteiger partial charge in [0.25, 0.3) is 11.8 Å². The average Bonchev–Trinajstić information content (AvgIpc) is 2.82. The van der Waals surface area contributed by atoms with Crippen LogP contribution >= 0.6 is 15.9 Å². The molecule has 1 unspecified atom stereocenters. The maximum absolute atomic E-state index is 12.7. The molecule has 1 saturated heterocycles. The van der Waals surface area contributed by atoms with E-state index in [2.05, 4.69) is 26.7 Å². The molecule has 7 nitrogen and oxygen atoms in total. The molecule has 0 bridgehead atoms. The molecule has 1 heterocycles. The maximum Gasteiger partial charge on any atom is 0.344 e. The lowest BCUT2D eigenvalue weighted by atomic mass is 9.82. The van der Waals surface area contributed by atoms with Crippen molar-refractivity contribution in [2.45, 2.75) is 57.6 Å². The van der Waals surface area contributed by atoms with Crippen LogP contribution in [0.4, 0.5) is 4.79 Å². The smallest absolute Gasteiger partial charge is 0.344 e. The van der Waals surface area contributed by atoms with E-state index in [0.29, 0.717) is 18.6 Å². The van der Waals surface area contributed by atoms with Crippen LogP contribution in [-0.2, 0) is 9.59 Å². The van der Waals surface area contributed by atoms with Crippen LogP contribution in [0.2, 0.25) is 0 Å². The number of hydrogen-bond acceptors (Lipinski definition) is 4. The standard InChI is InChI=1S/C18H22BrN3O4/c1-11-6-7-14(13(19)10-11)26-12(2)15(23)21-22-16(24)18(20-17(22)25)8-4-3-5-9-18/h6-7,10,12H,3-5,8-9H2,1-2H3,(H,20,25)(H,21,23). The lowest BCUT2D eigenvalue weighted by Gasteiger charge is -2.30. The van der Waals surface area contributed by atoms with E-state index in [-0.39, 0.29) is 5.91 Å². The summed E-state index contributed by atoms with van der Waals surface area (Å²) in [5.74, 6) is -0.438. The first-order chi connectivity index (χ1) is 12.3. The molecule has 3 rings (SSSR count). The van der Waals surface area contributed by atoms with E-state index in [9.17, 15) is 14.4 Å². The molecular formula is C18H22BrN3O4. The average molecular weight is 424 g/mol.